The van der Waals surface area contributed by atoms with Gasteiger partial charge in [-0.3, -0.25) is 0 Å². The van der Waals surface area contributed by atoms with Gasteiger partial charge in [-0.05, 0) is 31.2 Å². The van der Waals surface area contributed by atoms with Gasteiger partial charge in [-0.15, -0.1) is 5.10 Å². The van der Waals surface area contributed by atoms with Crippen molar-refractivity contribution in [1.82, 2.24) is 20.2 Å². The second kappa shape index (κ2) is 2.96. The second-order valence-electron chi connectivity index (χ2n) is 2.75. The molecule has 0 saturated heterocycles. The predicted molar refractivity (Wildman–Crippen MR) is 38.8 cm³/mol. The molecule has 11 heavy (non-hydrogen) atoms. The van der Waals surface area contributed by atoms with Crippen molar-refractivity contribution < 1.29 is 5.11 Å². The van der Waals surface area contributed by atoms with Gasteiger partial charge in [0, 0.05) is 0 Å². The van der Waals surface area contributed by atoms with E-state index in [1.807, 2.05) is 13.8 Å². The van der Waals surface area contributed by atoms with Crippen LogP contribution in [-0.2, 0) is 0 Å². The zero-order valence-corrected chi connectivity index (χ0v) is 6.89. The number of aromatic nitrogens is 4. The topological polar surface area (TPSA) is 63.8 Å². The van der Waals surface area contributed by atoms with Crippen molar-refractivity contribution in [2.45, 2.75) is 32.9 Å². The average molecular weight is 156 g/mol. The monoisotopic (exact) mass is 156 g/mol. The van der Waals surface area contributed by atoms with E-state index in [2.05, 4.69) is 15.5 Å². The molecule has 1 aromatic heterocycles. The summed E-state index contributed by atoms with van der Waals surface area (Å²) in [6.45, 7) is 5.56. The maximum Gasteiger partial charge on any atom is 0.179 e. The number of hydrogen-bond acceptors (Lipinski definition) is 4. The Bertz CT molecular complexity index is 208. The van der Waals surface area contributed by atoms with Crippen LogP contribution in [-0.4, -0.2) is 25.3 Å². The summed E-state index contributed by atoms with van der Waals surface area (Å²) in [5.41, 5.74) is 0. The van der Waals surface area contributed by atoms with E-state index < -0.39 is 6.10 Å². The van der Waals surface area contributed by atoms with Gasteiger partial charge in [-0.25, -0.2) is 4.68 Å². The molecule has 1 atom stereocenters. The number of hydrogen-bond donors (Lipinski definition) is 1. The molecule has 1 heterocycles. The van der Waals surface area contributed by atoms with Crippen LogP contribution >= 0.6 is 0 Å². The van der Waals surface area contributed by atoms with Crippen LogP contribution in [0.5, 0.6) is 0 Å². The number of nitrogens with zero attached hydrogens (tertiary/aromatic N) is 4. The maximum atomic E-state index is 9.18. The minimum Gasteiger partial charge on any atom is -0.385 e. The zero-order chi connectivity index (χ0) is 8.43. The molecule has 1 aromatic rings. The molecule has 0 aliphatic rings. The van der Waals surface area contributed by atoms with Crippen molar-refractivity contribution in [2.75, 3.05) is 0 Å². The fourth-order valence-corrected chi connectivity index (χ4v) is 0.843. The lowest BCUT2D eigenvalue weighted by molar-refractivity contribution is 0.179. The van der Waals surface area contributed by atoms with Crippen LogP contribution in [0.4, 0.5) is 0 Å². The molecule has 0 aliphatic carbocycles. The average Bonchev–Trinajstić information content (AvgIpc) is 2.32. The van der Waals surface area contributed by atoms with Gasteiger partial charge in [-0.2, -0.15) is 0 Å². The molecule has 0 fully saturated rings. The zero-order valence-electron chi connectivity index (χ0n) is 6.89. The molecule has 0 bridgehead atoms. The van der Waals surface area contributed by atoms with Crippen LogP contribution in [0.2, 0.25) is 0 Å². The summed E-state index contributed by atoms with van der Waals surface area (Å²) < 4.78 is 1.60. The molecule has 62 valence electrons. The first-order chi connectivity index (χ1) is 5.13. The molecular formula is C6H12N4O. The van der Waals surface area contributed by atoms with E-state index in [0.29, 0.717) is 5.82 Å². The van der Waals surface area contributed by atoms with Crippen LogP contribution in [0.3, 0.4) is 0 Å². The van der Waals surface area contributed by atoms with Crippen molar-refractivity contribution in [3.63, 3.8) is 0 Å². The van der Waals surface area contributed by atoms with Gasteiger partial charge < -0.3 is 5.11 Å². The third-order valence-electron chi connectivity index (χ3n) is 1.38. The summed E-state index contributed by atoms with van der Waals surface area (Å²) in [5, 5.41) is 20.1. The SMILES string of the molecule is CC(O)c1nnnn1C(C)C. The van der Waals surface area contributed by atoms with Crippen molar-refractivity contribution in [3.05, 3.63) is 5.82 Å². The number of rotatable bonds is 2. The molecule has 1 unspecified atom stereocenters. The highest BCUT2D eigenvalue weighted by molar-refractivity contribution is 4.85. The molecule has 5 nitrogen and oxygen atoms in total. The maximum absolute atomic E-state index is 9.18. The van der Waals surface area contributed by atoms with Gasteiger partial charge in [0.25, 0.3) is 0 Å². The van der Waals surface area contributed by atoms with E-state index in [-0.39, 0.29) is 6.04 Å². The van der Waals surface area contributed by atoms with Crippen molar-refractivity contribution >= 4 is 0 Å². The van der Waals surface area contributed by atoms with E-state index in [1.54, 1.807) is 11.6 Å². The van der Waals surface area contributed by atoms with Crippen LogP contribution in [0.1, 0.15) is 38.7 Å². The van der Waals surface area contributed by atoms with E-state index in [9.17, 15) is 5.11 Å². The number of aliphatic hydroxyl groups excluding tert-OH is 1. The Labute approximate surface area is 65.0 Å². The smallest absolute Gasteiger partial charge is 0.179 e. The molecule has 0 radical (unpaired) electrons. The number of tetrazole rings is 1. The summed E-state index contributed by atoms with van der Waals surface area (Å²) >= 11 is 0. The standard InChI is InChI=1S/C6H12N4O/c1-4(2)10-6(5(3)11)7-8-9-10/h4-5,11H,1-3H3. The molecule has 0 aliphatic heterocycles. The van der Waals surface area contributed by atoms with Gasteiger partial charge in [0.05, 0.1) is 6.04 Å². The molecule has 5 heteroatoms. The Kier molecular flexibility index (Phi) is 2.19. The third-order valence-corrected chi connectivity index (χ3v) is 1.38. The van der Waals surface area contributed by atoms with Crippen LogP contribution in [0.25, 0.3) is 0 Å². The van der Waals surface area contributed by atoms with E-state index in [4.69, 9.17) is 0 Å². The summed E-state index contributed by atoms with van der Waals surface area (Å²) in [5.74, 6) is 0.514. The minimum absolute atomic E-state index is 0.189. The summed E-state index contributed by atoms with van der Waals surface area (Å²) in [7, 11) is 0. The fraction of sp³-hybridized carbons (Fsp3) is 0.833. The van der Waals surface area contributed by atoms with E-state index >= 15 is 0 Å². The van der Waals surface area contributed by atoms with Crippen LogP contribution in [0, 0.1) is 0 Å². The van der Waals surface area contributed by atoms with Gasteiger partial charge >= 0.3 is 0 Å². The molecular weight excluding hydrogens is 144 g/mol. The fourth-order valence-electron chi connectivity index (χ4n) is 0.843. The molecule has 0 aromatic carbocycles. The third kappa shape index (κ3) is 1.54. The molecule has 0 spiro atoms. The van der Waals surface area contributed by atoms with Crippen LogP contribution in [0.15, 0.2) is 0 Å². The van der Waals surface area contributed by atoms with Crippen molar-refractivity contribution in [2.24, 2.45) is 0 Å². The largest absolute Gasteiger partial charge is 0.385 e. The predicted octanol–water partition coefficient (Wildman–Crippen LogP) is 0.307. The summed E-state index contributed by atoms with van der Waals surface area (Å²) in [4.78, 5) is 0. The molecule has 1 rings (SSSR count). The number of aliphatic hydroxyl groups is 1. The first kappa shape index (κ1) is 8.13. The van der Waals surface area contributed by atoms with E-state index in [1.165, 1.54) is 0 Å². The van der Waals surface area contributed by atoms with Crippen LogP contribution < -0.4 is 0 Å². The minimum atomic E-state index is -0.604. The van der Waals surface area contributed by atoms with Gasteiger partial charge in [0.1, 0.15) is 6.10 Å². The molecule has 0 saturated carbocycles. The Balaban J connectivity index is 2.96. The second-order valence-corrected chi connectivity index (χ2v) is 2.75. The lowest BCUT2D eigenvalue weighted by Crippen LogP contribution is -2.10. The Morgan fingerprint density at radius 2 is 2.00 bits per heavy atom. The van der Waals surface area contributed by atoms with Gasteiger partial charge in [0.15, 0.2) is 5.82 Å². The first-order valence-electron chi connectivity index (χ1n) is 3.58. The molecule has 0 amide bonds. The highest BCUT2D eigenvalue weighted by atomic mass is 16.3. The summed E-state index contributed by atoms with van der Waals surface area (Å²) in [6, 6.07) is 0.189. The van der Waals surface area contributed by atoms with Gasteiger partial charge in [-0.1, -0.05) is 0 Å². The van der Waals surface area contributed by atoms with E-state index in [0.717, 1.165) is 0 Å². The van der Waals surface area contributed by atoms with Gasteiger partial charge in [0.2, 0.25) is 0 Å². The Morgan fingerprint density at radius 1 is 1.36 bits per heavy atom. The normalized spacial score (nSPS) is 13.9. The highest BCUT2D eigenvalue weighted by Gasteiger charge is 2.12. The molecule has 1 N–H and O–H groups in total. The summed E-state index contributed by atoms with van der Waals surface area (Å²) in [6.07, 6.45) is -0.604. The Morgan fingerprint density at radius 3 is 2.36 bits per heavy atom. The lowest BCUT2D eigenvalue weighted by Gasteiger charge is -2.08. The first-order valence-corrected chi connectivity index (χ1v) is 3.58. The highest BCUT2D eigenvalue weighted by Crippen LogP contribution is 2.10. The van der Waals surface area contributed by atoms with Crippen molar-refractivity contribution in [1.29, 1.82) is 0 Å². The lowest BCUT2D eigenvalue weighted by atomic mass is 10.3. The van der Waals surface area contributed by atoms with Crippen molar-refractivity contribution in [3.8, 4) is 0 Å². The Hall–Kier alpha value is -0.970. The quantitative estimate of drug-likeness (QED) is 0.669.